The molecule has 0 unspecified atom stereocenters. The van der Waals surface area contributed by atoms with Gasteiger partial charge in [-0.25, -0.2) is 8.42 Å². The van der Waals surface area contributed by atoms with Crippen molar-refractivity contribution in [3.05, 3.63) is 24.2 Å². The third-order valence-corrected chi connectivity index (χ3v) is 3.41. The molecule has 1 N–H and O–H groups in total. The van der Waals surface area contributed by atoms with Crippen LogP contribution < -0.4 is 5.32 Å². The Balaban J connectivity index is 2.74. The van der Waals surface area contributed by atoms with Crippen LogP contribution in [0.25, 0.3) is 0 Å². The summed E-state index contributed by atoms with van der Waals surface area (Å²) in [7, 11) is -3.48. The molecular formula is C12H20N2O4S. The van der Waals surface area contributed by atoms with E-state index < -0.39 is 15.6 Å². The normalized spacial score (nSPS) is 12.7. The van der Waals surface area contributed by atoms with Gasteiger partial charge in [0.1, 0.15) is 5.76 Å². The van der Waals surface area contributed by atoms with Crippen molar-refractivity contribution in [3.63, 3.8) is 0 Å². The van der Waals surface area contributed by atoms with Crippen LogP contribution in [0.1, 0.15) is 26.5 Å². The zero-order valence-corrected chi connectivity index (χ0v) is 12.5. The van der Waals surface area contributed by atoms with E-state index in [1.54, 1.807) is 12.1 Å². The highest BCUT2D eigenvalue weighted by Gasteiger charge is 2.23. The van der Waals surface area contributed by atoms with E-state index in [2.05, 4.69) is 5.32 Å². The molecule has 1 amide bonds. The van der Waals surface area contributed by atoms with Crippen LogP contribution in [0.5, 0.6) is 0 Å². The molecule has 0 aliphatic heterocycles. The molecule has 1 heterocycles. The van der Waals surface area contributed by atoms with E-state index in [9.17, 15) is 13.2 Å². The maximum absolute atomic E-state index is 11.8. The summed E-state index contributed by atoms with van der Waals surface area (Å²) >= 11 is 0. The summed E-state index contributed by atoms with van der Waals surface area (Å²) < 4.78 is 29.5. The quantitative estimate of drug-likeness (QED) is 0.875. The van der Waals surface area contributed by atoms with Gasteiger partial charge in [-0.3, -0.25) is 4.79 Å². The number of rotatable bonds is 5. The van der Waals surface area contributed by atoms with Gasteiger partial charge in [0, 0.05) is 5.54 Å². The first-order valence-electron chi connectivity index (χ1n) is 5.86. The Morgan fingerprint density at radius 3 is 2.47 bits per heavy atom. The predicted molar refractivity (Wildman–Crippen MR) is 71.9 cm³/mol. The highest BCUT2D eigenvalue weighted by atomic mass is 32.2. The Bertz CT molecular complexity index is 514. The maximum atomic E-state index is 11.8. The standard InChI is InChI=1S/C12H20N2O4S/c1-12(2,3)13-11(15)9-14(19(4,16)17)8-10-6-5-7-18-10/h5-7H,8-9H2,1-4H3,(H,13,15). The van der Waals surface area contributed by atoms with Crippen molar-refractivity contribution in [1.82, 2.24) is 9.62 Å². The molecule has 1 aromatic heterocycles. The first kappa shape index (κ1) is 15.7. The molecule has 0 saturated carbocycles. The van der Waals surface area contributed by atoms with Crippen LogP contribution in [0.2, 0.25) is 0 Å². The average Bonchev–Trinajstić information content (AvgIpc) is 2.64. The molecule has 19 heavy (non-hydrogen) atoms. The second-order valence-corrected chi connectivity index (χ2v) is 7.39. The highest BCUT2D eigenvalue weighted by molar-refractivity contribution is 7.88. The molecule has 0 aliphatic rings. The second kappa shape index (κ2) is 5.75. The van der Waals surface area contributed by atoms with Gasteiger partial charge in [0.05, 0.1) is 25.6 Å². The minimum absolute atomic E-state index is 0.0450. The number of furan rings is 1. The Hall–Kier alpha value is -1.34. The first-order chi connectivity index (χ1) is 8.58. The zero-order valence-electron chi connectivity index (χ0n) is 11.6. The molecule has 6 nitrogen and oxygen atoms in total. The van der Waals surface area contributed by atoms with Gasteiger partial charge in [-0.05, 0) is 32.9 Å². The smallest absolute Gasteiger partial charge is 0.235 e. The highest BCUT2D eigenvalue weighted by Crippen LogP contribution is 2.09. The van der Waals surface area contributed by atoms with Crippen LogP contribution in [-0.2, 0) is 21.4 Å². The SMILES string of the molecule is CC(C)(C)NC(=O)CN(Cc1ccco1)S(C)(=O)=O. The summed E-state index contributed by atoms with van der Waals surface area (Å²) in [6, 6.07) is 3.34. The lowest BCUT2D eigenvalue weighted by molar-refractivity contribution is -0.122. The molecule has 0 atom stereocenters. The minimum atomic E-state index is -3.48. The molecule has 7 heteroatoms. The molecule has 0 aromatic carbocycles. The first-order valence-corrected chi connectivity index (χ1v) is 7.71. The number of nitrogens with zero attached hydrogens (tertiary/aromatic N) is 1. The van der Waals surface area contributed by atoms with Crippen LogP contribution in [0.15, 0.2) is 22.8 Å². The van der Waals surface area contributed by atoms with Crippen molar-refractivity contribution in [2.45, 2.75) is 32.9 Å². The molecule has 0 fully saturated rings. The van der Waals surface area contributed by atoms with E-state index in [4.69, 9.17) is 4.42 Å². The van der Waals surface area contributed by atoms with Gasteiger partial charge in [0.2, 0.25) is 15.9 Å². The van der Waals surface area contributed by atoms with Gasteiger partial charge in [-0.15, -0.1) is 0 Å². The van der Waals surface area contributed by atoms with Gasteiger partial charge < -0.3 is 9.73 Å². The lowest BCUT2D eigenvalue weighted by Gasteiger charge is -2.24. The minimum Gasteiger partial charge on any atom is -0.468 e. The molecule has 0 radical (unpaired) electrons. The van der Waals surface area contributed by atoms with Crippen LogP contribution in [-0.4, -0.2) is 37.0 Å². The van der Waals surface area contributed by atoms with Crippen molar-refractivity contribution in [3.8, 4) is 0 Å². The summed E-state index contributed by atoms with van der Waals surface area (Å²) in [4.78, 5) is 11.8. The number of hydrogen-bond acceptors (Lipinski definition) is 4. The molecule has 108 valence electrons. The predicted octanol–water partition coefficient (Wildman–Crippen LogP) is 0.956. The zero-order chi connectivity index (χ0) is 14.7. The number of nitrogens with one attached hydrogen (secondary N) is 1. The van der Waals surface area contributed by atoms with Crippen molar-refractivity contribution in [1.29, 1.82) is 0 Å². The average molecular weight is 288 g/mol. The third kappa shape index (κ3) is 5.89. The fourth-order valence-electron chi connectivity index (χ4n) is 1.48. The van der Waals surface area contributed by atoms with Gasteiger partial charge in [-0.2, -0.15) is 4.31 Å². The fraction of sp³-hybridized carbons (Fsp3) is 0.583. The molecule has 0 saturated heterocycles. The van der Waals surface area contributed by atoms with E-state index in [0.717, 1.165) is 10.6 Å². The van der Waals surface area contributed by atoms with E-state index in [1.165, 1.54) is 6.26 Å². The number of carbonyl (C=O) groups excluding carboxylic acids is 1. The van der Waals surface area contributed by atoms with Crippen LogP contribution in [0, 0.1) is 0 Å². The summed E-state index contributed by atoms with van der Waals surface area (Å²) in [5.41, 5.74) is -0.398. The summed E-state index contributed by atoms with van der Waals surface area (Å²) in [5.74, 6) is 0.151. The largest absolute Gasteiger partial charge is 0.468 e. The van der Waals surface area contributed by atoms with Crippen LogP contribution in [0.4, 0.5) is 0 Å². The molecule has 1 rings (SSSR count). The third-order valence-electron chi connectivity index (χ3n) is 2.22. The number of amides is 1. The van der Waals surface area contributed by atoms with Crippen LogP contribution >= 0.6 is 0 Å². The summed E-state index contributed by atoms with van der Waals surface area (Å²) in [6.45, 7) is 5.33. The van der Waals surface area contributed by atoms with E-state index in [1.807, 2.05) is 20.8 Å². The summed E-state index contributed by atoms with van der Waals surface area (Å²) in [5, 5.41) is 2.73. The van der Waals surface area contributed by atoms with Gasteiger partial charge in [0.25, 0.3) is 0 Å². The van der Waals surface area contributed by atoms with Gasteiger partial charge >= 0.3 is 0 Å². The molecule has 0 aliphatic carbocycles. The van der Waals surface area contributed by atoms with Gasteiger partial charge in [0.15, 0.2) is 0 Å². The molecule has 1 aromatic rings. The Kier molecular flexibility index (Phi) is 4.75. The molecule has 0 spiro atoms. The topological polar surface area (TPSA) is 79.6 Å². The van der Waals surface area contributed by atoms with Crippen molar-refractivity contribution in [2.24, 2.45) is 0 Å². The van der Waals surface area contributed by atoms with Crippen LogP contribution in [0.3, 0.4) is 0 Å². The lowest BCUT2D eigenvalue weighted by Crippen LogP contribution is -2.46. The number of carbonyl (C=O) groups is 1. The number of hydrogen-bond donors (Lipinski definition) is 1. The Labute approximate surface area is 113 Å². The number of sulfonamides is 1. The van der Waals surface area contributed by atoms with E-state index >= 15 is 0 Å². The Morgan fingerprint density at radius 2 is 2.05 bits per heavy atom. The fourth-order valence-corrected chi connectivity index (χ4v) is 2.20. The maximum Gasteiger partial charge on any atom is 0.235 e. The van der Waals surface area contributed by atoms with E-state index in [-0.39, 0.29) is 19.0 Å². The summed E-state index contributed by atoms with van der Waals surface area (Å²) in [6.07, 6.45) is 2.53. The second-order valence-electron chi connectivity index (χ2n) is 5.41. The molecule has 0 bridgehead atoms. The van der Waals surface area contributed by atoms with E-state index in [0.29, 0.717) is 5.76 Å². The monoisotopic (exact) mass is 288 g/mol. The van der Waals surface area contributed by atoms with Crippen molar-refractivity contribution >= 4 is 15.9 Å². The molecular weight excluding hydrogens is 268 g/mol. The van der Waals surface area contributed by atoms with Gasteiger partial charge in [-0.1, -0.05) is 0 Å². The van der Waals surface area contributed by atoms with Crippen molar-refractivity contribution in [2.75, 3.05) is 12.8 Å². The van der Waals surface area contributed by atoms with Crippen molar-refractivity contribution < 1.29 is 17.6 Å². The Morgan fingerprint density at radius 1 is 1.42 bits per heavy atom. The lowest BCUT2D eigenvalue weighted by atomic mass is 10.1.